The molecule has 1 aromatic heterocycles. The molecule has 1 amide bonds. The summed E-state index contributed by atoms with van der Waals surface area (Å²) < 4.78 is 25.9. The van der Waals surface area contributed by atoms with Crippen LogP contribution in [0.2, 0.25) is 0 Å². The minimum Gasteiger partial charge on any atom is -0.353 e. The molecule has 0 aliphatic rings. The standard InChI is InChI=1S/C15H20N4O3S/c1-16-14(12-10-18-19(2)11-12)15(20)17-8-9-23(21,22)13-6-4-3-5-7-13/h3-7,10-11,14,16H,8-9H2,1-2H3,(H,17,20). The van der Waals surface area contributed by atoms with Gasteiger partial charge in [0.1, 0.15) is 6.04 Å². The lowest BCUT2D eigenvalue weighted by molar-refractivity contribution is -0.123. The van der Waals surface area contributed by atoms with E-state index in [9.17, 15) is 13.2 Å². The molecule has 1 unspecified atom stereocenters. The number of carbonyl (C=O) groups is 1. The maximum absolute atomic E-state index is 12.2. The highest BCUT2D eigenvalue weighted by molar-refractivity contribution is 7.91. The van der Waals surface area contributed by atoms with Crippen molar-refractivity contribution >= 4 is 15.7 Å². The number of carbonyl (C=O) groups excluding carboxylic acids is 1. The largest absolute Gasteiger partial charge is 0.353 e. The maximum Gasteiger partial charge on any atom is 0.241 e. The number of nitrogens with zero attached hydrogens (tertiary/aromatic N) is 2. The molecule has 0 fully saturated rings. The first-order chi connectivity index (χ1) is 10.9. The van der Waals surface area contributed by atoms with Gasteiger partial charge < -0.3 is 10.6 Å². The molecule has 0 spiro atoms. The van der Waals surface area contributed by atoms with Crippen LogP contribution >= 0.6 is 0 Å². The molecular weight excluding hydrogens is 316 g/mol. The lowest BCUT2D eigenvalue weighted by atomic mass is 10.1. The van der Waals surface area contributed by atoms with Gasteiger partial charge in [0, 0.05) is 25.4 Å². The summed E-state index contributed by atoms with van der Waals surface area (Å²) in [6.07, 6.45) is 3.34. The lowest BCUT2D eigenvalue weighted by Crippen LogP contribution is -2.38. The third kappa shape index (κ3) is 4.40. The molecule has 1 aromatic carbocycles. The van der Waals surface area contributed by atoms with Gasteiger partial charge in [-0.15, -0.1) is 0 Å². The average Bonchev–Trinajstić information content (AvgIpc) is 2.95. The molecule has 0 bridgehead atoms. The van der Waals surface area contributed by atoms with Crippen molar-refractivity contribution in [2.24, 2.45) is 7.05 Å². The van der Waals surface area contributed by atoms with E-state index in [4.69, 9.17) is 0 Å². The molecule has 2 rings (SSSR count). The van der Waals surface area contributed by atoms with Gasteiger partial charge in [-0.1, -0.05) is 18.2 Å². The van der Waals surface area contributed by atoms with E-state index in [0.717, 1.165) is 5.56 Å². The highest BCUT2D eigenvalue weighted by Gasteiger charge is 2.21. The summed E-state index contributed by atoms with van der Waals surface area (Å²) in [7, 11) is 0.0286. The summed E-state index contributed by atoms with van der Waals surface area (Å²) >= 11 is 0. The quantitative estimate of drug-likeness (QED) is 0.757. The number of aryl methyl sites for hydroxylation is 1. The predicted molar refractivity (Wildman–Crippen MR) is 86.5 cm³/mol. The molecule has 23 heavy (non-hydrogen) atoms. The van der Waals surface area contributed by atoms with Crippen LogP contribution in [0.3, 0.4) is 0 Å². The van der Waals surface area contributed by atoms with E-state index in [1.165, 1.54) is 0 Å². The molecule has 0 radical (unpaired) electrons. The molecule has 0 aliphatic carbocycles. The van der Waals surface area contributed by atoms with Crippen molar-refractivity contribution in [2.75, 3.05) is 19.3 Å². The zero-order chi connectivity index (χ0) is 16.9. The van der Waals surface area contributed by atoms with Crippen molar-refractivity contribution < 1.29 is 13.2 Å². The zero-order valence-corrected chi connectivity index (χ0v) is 13.9. The first-order valence-corrected chi connectivity index (χ1v) is 8.80. The van der Waals surface area contributed by atoms with Gasteiger partial charge in [0.05, 0.1) is 16.8 Å². The Bertz CT molecular complexity index is 756. The first-order valence-electron chi connectivity index (χ1n) is 7.15. The number of benzene rings is 1. The summed E-state index contributed by atoms with van der Waals surface area (Å²) in [5.74, 6) is -0.435. The van der Waals surface area contributed by atoms with Gasteiger partial charge in [0.2, 0.25) is 5.91 Å². The van der Waals surface area contributed by atoms with Crippen LogP contribution in [0.5, 0.6) is 0 Å². The fraction of sp³-hybridized carbons (Fsp3) is 0.333. The second kappa shape index (κ2) is 7.38. The molecule has 0 aliphatic heterocycles. The van der Waals surface area contributed by atoms with E-state index in [2.05, 4.69) is 15.7 Å². The van der Waals surface area contributed by atoms with Crippen LogP contribution in [0, 0.1) is 0 Å². The zero-order valence-electron chi connectivity index (χ0n) is 13.1. The highest BCUT2D eigenvalue weighted by atomic mass is 32.2. The SMILES string of the molecule is CNC(C(=O)NCCS(=O)(=O)c1ccccc1)c1cnn(C)c1. The third-order valence-corrected chi connectivity index (χ3v) is 5.11. The van der Waals surface area contributed by atoms with Crippen LogP contribution in [-0.2, 0) is 21.7 Å². The van der Waals surface area contributed by atoms with Crippen LogP contribution in [0.25, 0.3) is 0 Å². The van der Waals surface area contributed by atoms with E-state index in [1.54, 1.807) is 61.5 Å². The van der Waals surface area contributed by atoms with Crippen molar-refractivity contribution in [1.82, 2.24) is 20.4 Å². The van der Waals surface area contributed by atoms with Crippen LogP contribution in [0.4, 0.5) is 0 Å². The lowest BCUT2D eigenvalue weighted by Gasteiger charge is -2.14. The number of hydrogen-bond donors (Lipinski definition) is 2. The van der Waals surface area contributed by atoms with Gasteiger partial charge >= 0.3 is 0 Å². The van der Waals surface area contributed by atoms with Crippen LogP contribution in [0.15, 0.2) is 47.6 Å². The van der Waals surface area contributed by atoms with Crippen LogP contribution in [0.1, 0.15) is 11.6 Å². The first kappa shape index (κ1) is 17.2. The normalized spacial score (nSPS) is 12.8. The number of likely N-dealkylation sites (N-methyl/N-ethyl adjacent to an activating group) is 1. The number of sulfone groups is 1. The molecule has 7 nitrogen and oxygen atoms in total. The van der Waals surface area contributed by atoms with E-state index < -0.39 is 15.9 Å². The summed E-state index contributed by atoms with van der Waals surface area (Å²) in [5.41, 5.74) is 0.721. The number of amides is 1. The highest BCUT2D eigenvalue weighted by Crippen LogP contribution is 2.12. The van der Waals surface area contributed by atoms with Crippen LogP contribution < -0.4 is 10.6 Å². The molecule has 1 heterocycles. The number of aromatic nitrogens is 2. The molecule has 2 aromatic rings. The van der Waals surface area contributed by atoms with Crippen molar-refractivity contribution in [1.29, 1.82) is 0 Å². The molecule has 8 heteroatoms. The predicted octanol–water partition coefficient (Wildman–Crippen LogP) is 0.271. The maximum atomic E-state index is 12.2. The van der Waals surface area contributed by atoms with Gasteiger partial charge in [-0.25, -0.2) is 8.42 Å². The molecule has 124 valence electrons. The third-order valence-electron chi connectivity index (χ3n) is 3.38. The van der Waals surface area contributed by atoms with E-state index in [0.29, 0.717) is 0 Å². The summed E-state index contributed by atoms with van der Waals surface area (Å²) in [4.78, 5) is 12.5. The number of nitrogens with one attached hydrogen (secondary N) is 2. The Kier molecular flexibility index (Phi) is 5.51. The fourth-order valence-corrected chi connectivity index (χ4v) is 3.37. The monoisotopic (exact) mass is 336 g/mol. The summed E-state index contributed by atoms with van der Waals surface area (Å²) in [5, 5.41) is 9.57. The Morgan fingerprint density at radius 2 is 2.00 bits per heavy atom. The van der Waals surface area contributed by atoms with Crippen molar-refractivity contribution in [3.05, 3.63) is 48.3 Å². The van der Waals surface area contributed by atoms with Crippen molar-refractivity contribution in [3.63, 3.8) is 0 Å². The minimum absolute atomic E-state index is 0.0501. The molecule has 0 saturated heterocycles. The van der Waals surface area contributed by atoms with E-state index in [-0.39, 0.29) is 23.1 Å². The smallest absolute Gasteiger partial charge is 0.241 e. The number of hydrogen-bond acceptors (Lipinski definition) is 5. The second-order valence-corrected chi connectivity index (χ2v) is 7.20. The van der Waals surface area contributed by atoms with Crippen molar-refractivity contribution in [3.8, 4) is 0 Å². The minimum atomic E-state index is -3.40. The Morgan fingerprint density at radius 3 is 2.57 bits per heavy atom. The van der Waals surface area contributed by atoms with E-state index in [1.807, 2.05) is 0 Å². The van der Waals surface area contributed by atoms with Crippen LogP contribution in [-0.4, -0.2) is 43.5 Å². The van der Waals surface area contributed by atoms with Gasteiger partial charge in [0.25, 0.3) is 0 Å². The second-order valence-electron chi connectivity index (χ2n) is 5.09. The molecular formula is C15H20N4O3S. The number of rotatable bonds is 7. The Labute approximate surface area is 135 Å². The summed E-state index contributed by atoms with van der Waals surface area (Å²) in [6.45, 7) is 0.0501. The average molecular weight is 336 g/mol. The van der Waals surface area contributed by atoms with Gasteiger partial charge in [-0.2, -0.15) is 5.10 Å². The molecule has 1 atom stereocenters. The fourth-order valence-electron chi connectivity index (χ4n) is 2.19. The van der Waals surface area contributed by atoms with Gasteiger partial charge in [-0.05, 0) is 19.2 Å². The molecule has 2 N–H and O–H groups in total. The molecule has 0 saturated carbocycles. The van der Waals surface area contributed by atoms with Gasteiger partial charge in [-0.3, -0.25) is 9.48 Å². The Hall–Kier alpha value is -2.19. The Balaban J connectivity index is 1.94. The van der Waals surface area contributed by atoms with E-state index >= 15 is 0 Å². The summed E-state index contributed by atoms with van der Waals surface area (Å²) in [6, 6.07) is 7.62. The van der Waals surface area contributed by atoms with Gasteiger partial charge in [0.15, 0.2) is 9.84 Å². The van der Waals surface area contributed by atoms with Crippen molar-refractivity contribution in [2.45, 2.75) is 10.9 Å². The topological polar surface area (TPSA) is 93.1 Å². The Morgan fingerprint density at radius 1 is 1.30 bits per heavy atom.